The predicted molar refractivity (Wildman–Crippen MR) is 115 cm³/mol. The molecular weight excluding hydrogens is 368 g/mol. The number of hydrogen-bond acceptors (Lipinski definition) is 5. The fraction of sp³-hybridized carbons (Fsp3) is 0.909. The number of likely N-dealkylation sites (tertiary alicyclic amines) is 1. The summed E-state index contributed by atoms with van der Waals surface area (Å²) >= 11 is 0. The number of nitrogens with one attached hydrogen (secondary N) is 1. The van der Waals surface area contributed by atoms with Gasteiger partial charge in [0.15, 0.2) is 5.96 Å². The Kier molecular flexibility index (Phi) is 8.60. The Bertz CT molecular complexity index is 542. The summed E-state index contributed by atoms with van der Waals surface area (Å²) in [4.78, 5) is 21.6. The number of aliphatic imine (C=N–C) groups is 1. The topological polar surface area (TPSA) is 66.4 Å². The minimum absolute atomic E-state index is 0.0424. The lowest BCUT2D eigenvalue weighted by molar-refractivity contribution is -0.149. The first kappa shape index (κ1) is 22.3. The van der Waals surface area contributed by atoms with Crippen molar-refractivity contribution in [3.63, 3.8) is 0 Å². The highest BCUT2D eigenvalue weighted by molar-refractivity contribution is 5.81. The Morgan fingerprint density at radius 2 is 1.93 bits per heavy atom. The van der Waals surface area contributed by atoms with Gasteiger partial charge in [0, 0.05) is 51.7 Å². The van der Waals surface area contributed by atoms with Gasteiger partial charge in [0.25, 0.3) is 0 Å². The largest absolute Gasteiger partial charge is 0.466 e. The number of carbonyl (C=O) groups is 1. The third-order valence-corrected chi connectivity index (χ3v) is 6.75. The summed E-state index contributed by atoms with van der Waals surface area (Å²) in [5.41, 5.74) is 0.307. The van der Waals surface area contributed by atoms with Gasteiger partial charge in [-0.25, -0.2) is 0 Å². The maximum absolute atomic E-state index is 12.2. The van der Waals surface area contributed by atoms with Gasteiger partial charge in [-0.05, 0) is 32.6 Å². The van der Waals surface area contributed by atoms with E-state index in [1.165, 1.54) is 32.1 Å². The Hall–Kier alpha value is -1.34. The van der Waals surface area contributed by atoms with Crippen molar-refractivity contribution in [1.82, 2.24) is 15.1 Å². The number of esters is 1. The van der Waals surface area contributed by atoms with Crippen LogP contribution in [0.2, 0.25) is 0 Å². The zero-order valence-electron chi connectivity index (χ0n) is 18.5. The number of ether oxygens (including phenoxy) is 2. The summed E-state index contributed by atoms with van der Waals surface area (Å²) in [6, 6.07) is 0. The van der Waals surface area contributed by atoms with E-state index in [9.17, 15) is 4.79 Å². The fourth-order valence-electron chi connectivity index (χ4n) is 5.15. The van der Waals surface area contributed by atoms with Crippen LogP contribution in [0.4, 0.5) is 0 Å². The average Bonchev–Trinajstić information content (AvgIpc) is 2.76. The molecule has 0 unspecified atom stereocenters. The molecule has 0 aromatic rings. The molecule has 2 saturated heterocycles. The van der Waals surface area contributed by atoms with Gasteiger partial charge in [-0.3, -0.25) is 14.7 Å². The fourth-order valence-corrected chi connectivity index (χ4v) is 5.15. The zero-order chi connectivity index (χ0) is 20.5. The molecule has 0 bridgehead atoms. The van der Waals surface area contributed by atoms with E-state index in [1.54, 1.807) is 0 Å². The van der Waals surface area contributed by atoms with Crippen LogP contribution >= 0.6 is 0 Å². The molecule has 166 valence electrons. The Balaban J connectivity index is 1.58. The van der Waals surface area contributed by atoms with Crippen LogP contribution in [0.15, 0.2) is 4.99 Å². The van der Waals surface area contributed by atoms with Crippen LogP contribution in [0.25, 0.3) is 0 Å². The number of carbonyl (C=O) groups excluding carboxylic acids is 1. The number of nitrogens with zero attached hydrogens (tertiary/aromatic N) is 3. The third kappa shape index (κ3) is 6.32. The van der Waals surface area contributed by atoms with E-state index in [-0.39, 0.29) is 11.9 Å². The van der Waals surface area contributed by atoms with Gasteiger partial charge in [-0.2, -0.15) is 0 Å². The summed E-state index contributed by atoms with van der Waals surface area (Å²) in [5.74, 6) is 0.828. The molecule has 0 amide bonds. The zero-order valence-corrected chi connectivity index (χ0v) is 18.5. The maximum Gasteiger partial charge on any atom is 0.310 e. The van der Waals surface area contributed by atoms with Crippen LogP contribution in [0.5, 0.6) is 0 Å². The highest BCUT2D eigenvalue weighted by Gasteiger charge is 2.35. The van der Waals surface area contributed by atoms with Crippen LogP contribution in [0.3, 0.4) is 0 Å². The average molecular weight is 409 g/mol. The summed E-state index contributed by atoms with van der Waals surface area (Å²) in [7, 11) is 1.85. The standard InChI is InChI=1S/C22H40N4O3/c1-3-29-20(27)19-8-7-11-26(16-19)21(23-2)24-17-22(9-5-4-6-10-22)18-25-12-14-28-15-13-25/h19H,3-18H2,1-2H3,(H,23,24)/t19-/m0/s1. The lowest BCUT2D eigenvalue weighted by atomic mass is 9.73. The van der Waals surface area contributed by atoms with E-state index in [1.807, 2.05) is 14.0 Å². The molecule has 0 aromatic carbocycles. The molecule has 29 heavy (non-hydrogen) atoms. The summed E-state index contributed by atoms with van der Waals surface area (Å²) in [6.45, 7) is 9.88. The lowest BCUT2D eigenvalue weighted by Crippen LogP contribution is -2.53. The first-order valence-corrected chi connectivity index (χ1v) is 11.6. The van der Waals surface area contributed by atoms with E-state index >= 15 is 0 Å². The van der Waals surface area contributed by atoms with E-state index in [4.69, 9.17) is 9.47 Å². The molecule has 7 heteroatoms. The van der Waals surface area contributed by atoms with Crippen LogP contribution in [-0.4, -0.2) is 87.9 Å². The molecule has 3 aliphatic rings. The first-order chi connectivity index (χ1) is 14.2. The molecule has 0 spiro atoms. The Morgan fingerprint density at radius 1 is 1.17 bits per heavy atom. The molecule has 2 aliphatic heterocycles. The summed E-state index contributed by atoms with van der Waals surface area (Å²) in [6.07, 6.45) is 8.46. The molecule has 1 saturated carbocycles. The number of guanidine groups is 1. The Labute approximate surface area is 176 Å². The van der Waals surface area contributed by atoms with Crippen molar-refractivity contribution in [3.05, 3.63) is 0 Å². The van der Waals surface area contributed by atoms with Gasteiger partial charge in [-0.15, -0.1) is 0 Å². The number of morpholine rings is 1. The second-order valence-corrected chi connectivity index (χ2v) is 8.89. The quantitative estimate of drug-likeness (QED) is 0.413. The molecule has 3 rings (SSSR count). The molecule has 1 N–H and O–H groups in total. The summed E-state index contributed by atoms with van der Waals surface area (Å²) < 4.78 is 10.8. The summed E-state index contributed by atoms with van der Waals surface area (Å²) in [5, 5.41) is 3.70. The van der Waals surface area contributed by atoms with Gasteiger partial charge in [0.2, 0.25) is 0 Å². The second kappa shape index (κ2) is 11.2. The molecule has 1 atom stereocenters. The minimum Gasteiger partial charge on any atom is -0.466 e. The van der Waals surface area contributed by atoms with E-state index in [2.05, 4.69) is 20.1 Å². The van der Waals surface area contributed by atoms with Gasteiger partial charge in [0.1, 0.15) is 0 Å². The van der Waals surface area contributed by atoms with Gasteiger partial charge in [-0.1, -0.05) is 19.3 Å². The molecule has 2 heterocycles. The molecule has 0 radical (unpaired) electrons. The van der Waals surface area contributed by atoms with Crippen LogP contribution in [-0.2, 0) is 14.3 Å². The molecule has 1 aliphatic carbocycles. The number of piperidine rings is 1. The van der Waals surface area contributed by atoms with Gasteiger partial charge >= 0.3 is 5.97 Å². The SMILES string of the molecule is CCOC(=O)[C@H]1CCCN(C(=NC)NCC2(CN3CCOCC3)CCCCC2)C1. The molecule has 3 fully saturated rings. The van der Waals surface area contributed by atoms with Crippen molar-refractivity contribution in [3.8, 4) is 0 Å². The van der Waals surface area contributed by atoms with Crippen LogP contribution in [0.1, 0.15) is 51.9 Å². The van der Waals surface area contributed by atoms with Crippen molar-refractivity contribution in [2.24, 2.45) is 16.3 Å². The van der Waals surface area contributed by atoms with Crippen LogP contribution < -0.4 is 5.32 Å². The van der Waals surface area contributed by atoms with E-state index in [0.29, 0.717) is 18.6 Å². The van der Waals surface area contributed by atoms with Crippen molar-refractivity contribution < 1.29 is 14.3 Å². The van der Waals surface area contributed by atoms with Crippen molar-refractivity contribution in [2.45, 2.75) is 51.9 Å². The van der Waals surface area contributed by atoms with E-state index in [0.717, 1.165) is 64.7 Å². The highest BCUT2D eigenvalue weighted by Crippen LogP contribution is 2.37. The minimum atomic E-state index is -0.0660. The van der Waals surface area contributed by atoms with Crippen LogP contribution in [0, 0.1) is 11.3 Å². The second-order valence-electron chi connectivity index (χ2n) is 8.89. The molecular formula is C22H40N4O3. The number of rotatable bonds is 6. The third-order valence-electron chi connectivity index (χ3n) is 6.75. The number of hydrogen-bond donors (Lipinski definition) is 1. The van der Waals surface area contributed by atoms with E-state index < -0.39 is 0 Å². The predicted octanol–water partition coefficient (Wildman–Crippen LogP) is 2.12. The van der Waals surface area contributed by atoms with Crippen molar-refractivity contribution in [1.29, 1.82) is 0 Å². The van der Waals surface area contributed by atoms with Crippen molar-refractivity contribution in [2.75, 3.05) is 66.1 Å². The lowest BCUT2D eigenvalue weighted by Gasteiger charge is -2.43. The molecule has 0 aromatic heterocycles. The highest BCUT2D eigenvalue weighted by atomic mass is 16.5. The monoisotopic (exact) mass is 408 g/mol. The smallest absolute Gasteiger partial charge is 0.310 e. The molecule has 7 nitrogen and oxygen atoms in total. The van der Waals surface area contributed by atoms with Gasteiger partial charge in [0.05, 0.1) is 25.7 Å². The van der Waals surface area contributed by atoms with Crippen molar-refractivity contribution >= 4 is 11.9 Å². The van der Waals surface area contributed by atoms with Gasteiger partial charge < -0.3 is 19.7 Å². The Morgan fingerprint density at radius 3 is 2.62 bits per heavy atom. The maximum atomic E-state index is 12.2. The normalized spacial score (nSPS) is 26.2. The first-order valence-electron chi connectivity index (χ1n) is 11.6.